The molecule has 1 N–H and O–H groups in total. The van der Waals surface area contributed by atoms with Gasteiger partial charge in [-0.25, -0.2) is 4.99 Å². The predicted molar refractivity (Wildman–Crippen MR) is 158 cm³/mol. The summed E-state index contributed by atoms with van der Waals surface area (Å²) in [5.74, 6) is 1.85. The number of nitrogens with one attached hydrogen (secondary N) is 1. The van der Waals surface area contributed by atoms with Crippen LogP contribution in [0.4, 0.5) is 5.69 Å². The van der Waals surface area contributed by atoms with Crippen LogP contribution in [0.25, 0.3) is 28.3 Å². The summed E-state index contributed by atoms with van der Waals surface area (Å²) in [4.78, 5) is 24.0. The fourth-order valence-corrected chi connectivity index (χ4v) is 5.55. The van der Waals surface area contributed by atoms with E-state index in [-0.39, 0.29) is 5.91 Å². The molecule has 1 saturated heterocycles. The van der Waals surface area contributed by atoms with Gasteiger partial charge >= 0.3 is 0 Å². The summed E-state index contributed by atoms with van der Waals surface area (Å²) in [7, 11) is 1.62. The molecule has 1 aliphatic rings. The number of carbonyl (C=O) groups is 1. The van der Waals surface area contributed by atoms with E-state index in [1.54, 1.807) is 30.2 Å². The molecule has 7 nitrogen and oxygen atoms in total. The normalized spacial score (nSPS) is 15.3. The number of nitriles is 1. The molecule has 0 spiro atoms. The molecule has 0 aliphatic carbocycles. The van der Waals surface area contributed by atoms with Gasteiger partial charge in [0.1, 0.15) is 17.3 Å². The Balaban J connectivity index is 1.28. The van der Waals surface area contributed by atoms with Crippen molar-refractivity contribution in [2.45, 2.75) is 6.42 Å². The molecule has 0 atom stereocenters. The number of para-hydroxylation sites is 1. The van der Waals surface area contributed by atoms with Crippen LogP contribution in [0.1, 0.15) is 16.9 Å². The van der Waals surface area contributed by atoms with E-state index in [0.717, 1.165) is 33.5 Å². The van der Waals surface area contributed by atoms with Crippen molar-refractivity contribution >= 4 is 45.5 Å². The number of benzene rings is 3. The fourth-order valence-electron chi connectivity index (χ4n) is 4.55. The van der Waals surface area contributed by atoms with Crippen LogP contribution in [0.15, 0.2) is 105 Å². The molecule has 3 heterocycles. The first-order valence-corrected chi connectivity index (χ1v) is 13.5. The van der Waals surface area contributed by atoms with Gasteiger partial charge in [0.05, 0.1) is 29.3 Å². The van der Waals surface area contributed by atoms with Gasteiger partial charge in [0.15, 0.2) is 5.17 Å². The predicted octanol–water partition coefficient (Wildman–Crippen LogP) is 7.15. The summed E-state index contributed by atoms with van der Waals surface area (Å²) in [6.07, 6.45) is 4.44. The number of rotatable bonds is 7. The maximum Gasteiger partial charge on any atom is 0.266 e. The number of H-pyrrole nitrogens is 1. The molecule has 0 radical (unpaired) electrons. The maximum absolute atomic E-state index is 13.6. The molecular weight excluding hydrogens is 520 g/mol. The zero-order chi connectivity index (χ0) is 27.5. The van der Waals surface area contributed by atoms with E-state index in [1.165, 1.54) is 11.8 Å². The van der Waals surface area contributed by atoms with Gasteiger partial charge in [-0.15, -0.1) is 0 Å². The van der Waals surface area contributed by atoms with Crippen LogP contribution in [0.2, 0.25) is 0 Å². The number of aromatic amines is 1. The molecule has 2 aromatic heterocycles. The number of amides is 1. The van der Waals surface area contributed by atoms with E-state index in [4.69, 9.17) is 19.4 Å². The molecule has 0 bridgehead atoms. The first kappa shape index (κ1) is 25.3. The van der Waals surface area contributed by atoms with E-state index in [9.17, 15) is 4.79 Å². The summed E-state index contributed by atoms with van der Waals surface area (Å²) >= 11 is 1.33. The first-order valence-electron chi connectivity index (χ1n) is 12.7. The Labute approximate surface area is 235 Å². The monoisotopic (exact) mass is 544 g/mol. The number of thioether (sulfide) groups is 1. The lowest BCUT2D eigenvalue weighted by Gasteiger charge is -2.15. The van der Waals surface area contributed by atoms with Crippen LogP contribution in [0.3, 0.4) is 0 Å². The average molecular weight is 545 g/mol. The number of hydrogen-bond acceptors (Lipinski definition) is 6. The van der Waals surface area contributed by atoms with Gasteiger partial charge in [-0.05, 0) is 90.5 Å². The van der Waals surface area contributed by atoms with Crippen molar-refractivity contribution in [1.82, 2.24) is 9.88 Å². The van der Waals surface area contributed by atoms with Crippen molar-refractivity contribution in [3.8, 4) is 23.1 Å². The zero-order valence-electron chi connectivity index (χ0n) is 21.6. The second-order valence-corrected chi connectivity index (χ2v) is 10.2. The Hall–Kier alpha value is -5.00. The van der Waals surface area contributed by atoms with Gasteiger partial charge in [-0.1, -0.05) is 18.2 Å². The van der Waals surface area contributed by atoms with Crippen molar-refractivity contribution < 1.29 is 13.9 Å². The Morgan fingerprint density at radius 3 is 2.62 bits per heavy atom. The topological polar surface area (TPSA) is 94.6 Å². The Morgan fingerprint density at radius 2 is 1.85 bits per heavy atom. The number of hydrogen-bond donors (Lipinski definition) is 1. The van der Waals surface area contributed by atoms with Crippen molar-refractivity contribution in [3.05, 3.63) is 113 Å². The van der Waals surface area contributed by atoms with Gasteiger partial charge in [-0.3, -0.25) is 9.69 Å². The quantitative estimate of drug-likeness (QED) is 0.220. The minimum atomic E-state index is -0.117. The summed E-state index contributed by atoms with van der Waals surface area (Å²) in [6, 6.07) is 28.6. The van der Waals surface area contributed by atoms with Crippen LogP contribution in [0, 0.1) is 11.3 Å². The van der Waals surface area contributed by atoms with E-state index in [0.29, 0.717) is 40.1 Å². The molecule has 1 fully saturated rings. The van der Waals surface area contributed by atoms with Gasteiger partial charge in [-0.2, -0.15) is 5.26 Å². The summed E-state index contributed by atoms with van der Waals surface area (Å²) in [6.45, 7) is 0.481. The Morgan fingerprint density at radius 1 is 1.05 bits per heavy atom. The largest absolute Gasteiger partial charge is 0.497 e. The minimum Gasteiger partial charge on any atom is -0.497 e. The first-order chi connectivity index (χ1) is 19.6. The number of ether oxygens (including phenoxy) is 1. The fraction of sp³-hybridized carbons (Fsp3) is 0.0938. The van der Waals surface area contributed by atoms with Crippen LogP contribution < -0.4 is 4.74 Å². The zero-order valence-corrected chi connectivity index (χ0v) is 22.4. The lowest BCUT2D eigenvalue weighted by Crippen LogP contribution is -2.31. The van der Waals surface area contributed by atoms with Crippen molar-refractivity contribution in [3.63, 3.8) is 0 Å². The van der Waals surface area contributed by atoms with Crippen molar-refractivity contribution in [2.75, 3.05) is 13.7 Å². The van der Waals surface area contributed by atoms with Crippen LogP contribution in [-0.4, -0.2) is 34.6 Å². The van der Waals surface area contributed by atoms with Crippen LogP contribution >= 0.6 is 11.8 Å². The second-order valence-electron chi connectivity index (χ2n) is 9.16. The smallest absolute Gasteiger partial charge is 0.266 e. The number of fused-ring (bicyclic) bond motifs is 1. The van der Waals surface area contributed by atoms with Gasteiger partial charge in [0, 0.05) is 35.3 Å². The summed E-state index contributed by atoms with van der Waals surface area (Å²) in [5, 5.41) is 10.8. The summed E-state index contributed by atoms with van der Waals surface area (Å²) in [5.41, 5.74) is 4.39. The molecule has 0 unspecified atom stereocenters. The summed E-state index contributed by atoms with van der Waals surface area (Å²) < 4.78 is 11.3. The SMILES string of the molecule is COc1ccc(N=C2S/C(=C\c3ccc(-c4ccc(C#N)cc4)o3)C(=O)N2CCc2c[nH]c3ccccc23)cc1. The third-order valence-electron chi connectivity index (χ3n) is 6.66. The molecule has 5 aromatic rings. The molecule has 1 aliphatic heterocycles. The Bertz CT molecular complexity index is 1790. The number of methoxy groups -OCH3 is 1. The standard InChI is InChI=1S/C32H24N4O3S/c1-38-25-12-10-24(11-13-25)35-32-36(17-16-23-20-34-28-5-3-2-4-27(23)28)31(37)30(40-32)18-26-14-15-29(39-26)22-8-6-21(19-33)7-9-22/h2-15,18,20,34H,16-17H2,1H3/b30-18-,35-32?. The number of aromatic nitrogens is 1. The lowest BCUT2D eigenvalue weighted by atomic mass is 10.1. The molecule has 1 amide bonds. The number of carbonyl (C=O) groups excluding carboxylic acids is 1. The molecule has 0 saturated carbocycles. The third-order valence-corrected chi connectivity index (χ3v) is 7.67. The van der Waals surface area contributed by atoms with Crippen LogP contribution in [0.5, 0.6) is 5.75 Å². The molecule has 196 valence electrons. The lowest BCUT2D eigenvalue weighted by molar-refractivity contribution is -0.122. The highest BCUT2D eigenvalue weighted by Crippen LogP contribution is 2.36. The Kier molecular flexibility index (Phi) is 6.96. The third kappa shape index (κ3) is 5.15. The molecule has 8 heteroatoms. The number of nitrogens with zero attached hydrogens (tertiary/aromatic N) is 3. The van der Waals surface area contributed by atoms with Gasteiger partial charge in [0.25, 0.3) is 5.91 Å². The number of amidine groups is 1. The highest BCUT2D eigenvalue weighted by molar-refractivity contribution is 8.18. The average Bonchev–Trinajstić information content (AvgIpc) is 3.71. The van der Waals surface area contributed by atoms with Gasteiger partial charge in [0.2, 0.25) is 0 Å². The molecule has 3 aromatic carbocycles. The van der Waals surface area contributed by atoms with E-state index in [2.05, 4.69) is 17.1 Å². The second kappa shape index (κ2) is 11.0. The van der Waals surface area contributed by atoms with E-state index in [1.807, 2.05) is 72.9 Å². The number of furan rings is 1. The van der Waals surface area contributed by atoms with E-state index >= 15 is 0 Å². The van der Waals surface area contributed by atoms with Crippen LogP contribution in [-0.2, 0) is 11.2 Å². The number of aliphatic imine (C=N–C) groups is 1. The maximum atomic E-state index is 13.6. The molecular formula is C32H24N4O3S. The highest BCUT2D eigenvalue weighted by atomic mass is 32.2. The molecule has 6 rings (SSSR count). The molecule has 40 heavy (non-hydrogen) atoms. The van der Waals surface area contributed by atoms with Crippen molar-refractivity contribution in [2.24, 2.45) is 4.99 Å². The van der Waals surface area contributed by atoms with Crippen molar-refractivity contribution in [1.29, 1.82) is 5.26 Å². The van der Waals surface area contributed by atoms with E-state index < -0.39 is 0 Å². The minimum absolute atomic E-state index is 0.117. The van der Waals surface area contributed by atoms with Gasteiger partial charge < -0.3 is 14.1 Å². The highest BCUT2D eigenvalue weighted by Gasteiger charge is 2.33.